The van der Waals surface area contributed by atoms with E-state index in [1.54, 1.807) is 0 Å². The van der Waals surface area contributed by atoms with Crippen molar-refractivity contribution in [2.75, 3.05) is 5.32 Å². The van der Waals surface area contributed by atoms with E-state index in [0.717, 1.165) is 11.4 Å². The van der Waals surface area contributed by atoms with Gasteiger partial charge >= 0.3 is 6.18 Å². The van der Waals surface area contributed by atoms with Crippen LogP contribution in [0.4, 0.5) is 18.9 Å². The zero-order valence-electron chi connectivity index (χ0n) is 12.4. The van der Waals surface area contributed by atoms with Crippen LogP contribution in [0.3, 0.4) is 0 Å². The van der Waals surface area contributed by atoms with Gasteiger partial charge in [0.25, 0.3) is 0 Å². The predicted molar refractivity (Wildman–Crippen MR) is 77.6 cm³/mol. The first kappa shape index (κ1) is 16.0. The van der Waals surface area contributed by atoms with Crippen molar-refractivity contribution in [3.63, 3.8) is 0 Å². The van der Waals surface area contributed by atoms with Crippen LogP contribution in [0.2, 0.25) is 0 Å². The highest BCUT2D eigenvalue weighted by Gasteiger charge is 2.41. The number of hydrogen-bond donors (Lipinski definition) is 1. The molecule has 1 fully saturated rings. The van der Waals surface area contributed by atoms with E-state index in [0.29, 0.717) is 12.8 Å². The van der Waals surface area contributed by atoms with E-state index in [2.05, 4.69) is 5.32 Å². The Morgan fingerprint density at radius 3 is 2.29 bits per heavy atom. The number of halogens is 3. The molecule has 0 saturated heterocycles. The minimum atomic E-state index is -4.05. The highest BCUT2D eigenvalue weighted by Crippen LogP contribution is 2.38. The van der Waals surface area contributed by atoms with Gasteiger partial charge in [-0.1, -0.05) is 12.1 Å². The minimum absolute atomic E-state index is 0.0638. The van der Waals surface area contributed by atoms with Crippen molar-refractivity contribution in [2.45, 2.75) is 57.9 Å². The second-order valence-corrected chi connectivity index (χ2v) is 5.90. The molecule has 2 nitrogen and oxygen atoms in total. The summed E-state index contributed by atoms with van der Waals surface area (Å²) < 4.78 is 43.7. The number of ether oxygens (including phenoxy) is 1. The number of rotatable bonds is 4. The molecule has 0 spiro atoms. The van der Waals surface area contributed by atoms with Gasteiger partial charge in [-0.15, -0.1) is 0 Å². The average molecular weight is 301 g/mol. The van der Waals surface area contributed by atoms with Crippen LogP contribution in [-0.2, 0) is 0 Å². The van der Waals surface area contributed by atoms with Gasteiger partial charge in [0.05, 0.1) is 17.7 Å². The fraction of sp³-hybridized carbons (Fsp3) is 0.625. The fourth-order valence-corrected chi connectivity index (χ4v) is 2.73. The first-order chi connectivity index (χ1) is 9.86. The van der Waals surface area contributed by atoms with E-state index in [4.69, 9.17) is 4.74 Å². The summed E-state index contributed by atoms with van der Waals surface area (Å²) in [6, 6.07) is 7.66. The van der Waals surface area contributed by atoms with Crippen LogP contribution < -0.4 is 10.1 Å². The van der Waals surface area contributed by atoms with Crippen LogP contribution in [0.5, 0.6) is 5.75 Å². The Morgan fingerprint density at radius 1 is 1.10 bits per heavy atom. The highest BCUT2D eigenvalue weighted by molar-refractivity contribution is 5.56. The summed E-state index contributed by atoms with van der Waals surface area (Å²) >= 11 is 0. The molecule has 0 amide bonds. The lowest BCUT2D eigenvalue weighted by Crippen LogP contribution is -2.32. The van der Waals surface area contributed by atoms with Crippen molar-refractivity contribution in [3.05, 3.63) is 24.3 Å². The van der Waals surface area contributed by atoms with Crippen LogP contribution >= 0.6 is 0 Å². The Bertz CT molecular complexity index is 451. The van der Waals surface area contributed by atoms with Crippen molar-refractivity contribution in [1.29, 1.82) is 0 Å². The van der Waals surface area contributed by atoms with E-state index in [1.807, 2.05) is 38.1 Å². The van der Waals surface area contributed by atoms with Gasteiger partial charge < -0.3 is 10.1 Å². The average Bonchev–Trinajstić information content (AvgIpc) is 2.40. The Morgan fingerprint density at radius 2 is 1.71 bits per heavy atom. The fourth-order valence-electron chi connectivity index (χ4n) is 2.73. The molecule has 1 aromatic carbocycles. The lowest BCUT2D eigenvalue weighted by molar-refractivity contribution is -0.182. The maximum absolute atomic E-state index is 12.7. The van der Waals surface area contributed by atoms with Gasteiger partial charge in [-0.2, -0.15) is 13.2 Å². The van der Waals surface area contributed by atoms with Crippen molar-refractivity contribution in [1.82, 2.24) is 0 Å². The van der Waals surface area contributed by atoms with Crippen LogP contribution in [0.15, 0.2) is 24.3 Å². The molecule has 1 aromatic rings. The number of anilines is 1. The topological polar surface area (TPSA) is 21.3 Å². The third-order valence-electron chi connectivity index (χ3n) is 3.80. The van der Waals surface area contributed by atoms with Gasteiger partial charge in [-0.3, -0.25) is 0 Å². The lowest BCUT2D eigenvalue weighted by atomic mass is 9.85. The highest BCUT2D eigenvalue weighted by atomic mass is 19.4. The summed E-state index contributed by atoms with van der Waals surface area (Å²) in [5.74, 6) is -0.386. The SMILES string of the molecule is CC(C)Oc1ccccc1NC1CCC(C(F)(F)F)CC1. The van der Waals surface area contributed by atoms with Gasteiger partial charge in [0.2, 0.25) is 0 Å². The number of para-hydroxylation sites is 2. The van der Waals surface area contributed by atoms with Gasteiger partial charge in [-0.05, 0) is 51.7 Å². The van der Waals surface area contributed by atoms with Crippen LogP contribution in [-0.4, -0.2) is 18.3 Å². The first-order valence-corrected chi connectivity index (χ1v) is 7.45. The number of nitrogens with one attached hydrogen (secondary N) is 1. The van der Waals surface area contributed by atoms with Gasteiger partial charge in [0.1, 0.15) is 5.75 Å². The third kappa shape index (κ3) is 4.55. The summed E-state index contributed by atoms with van der Waals surface area (Å²) in [7, 11) is 0. The summed E-state index contributed by atoms with van der Waals surface area (Å²) in [4.78, 5) is 0. The van der Waals surface area contributed by atoms with Gasteiger partial charge in [-0.25, -0.2) is 0 Å². The largest absolute Gasteiger partial charge is 0.489 e. The first-order valence-electron chi connectivity index (χ1n) is 7.45. The molecule has 5 heteroatoms. The van der Waals surface area contributed by atoms with Gasteiger partial charge in [0, 0.05) is 6.04 Å². The number of alkyl halides is 3. The molecule has 0 unspecified atom stereocenters. The second-order valence-electron chi connectivity index (χ2n) is 5.90. The van der Waals surface area contributed by atoms with E-state index in [1.165, 1.54) is 0 Å². The molecule has 0 aromatic heterocycles. The predicted octanol–water partition coefficient (Wildman–Crippen LogP) is 5.01. The molecule has 2 rings (SSSR count). The summed E-state index contributed by atoms with van der Waals surface area (Å²) in [6.45, 7) is 3.90. The molecule has 0 radical (unpaired) electrons. The zero-order chi connectivity index (χ0) is 15.5. The van der Waals surface area contributed by atoms with Crippen molar-refractivity contribution in [2.24, 2.45) is 5.92 Å². The van der Waals surface area contributed by atoms with Crippen molar-refractivity contribution < 1.29 is 17.9 Å². The molecular weight excluding hydrogens is 279 g/mol. The molecule has 1 aliphatic carbocycles. The van der Waals surface area contributed by atoms with Crippen LogP contribution in [0.1, 0.15) is 39.5 Å². The van der Waals surface area contributed by atoms with Gasteiger partial charge in [0.15, 0.2) is 0 Å². The Balaban J connectivity index is 1.95. The molecule has 0 atom stereocenters. The van der Waals surface area contributed by atoms with Crippen molar-refractivity contribution >= 4 is 5.69 Å². The molecule has 0 aliphatic heterocycles. The van der Waals surface area contributed by atoms with Crippen LogP contribution in [0, 0.1) is 5.92 Å². The monoisotopic (exact) mass is 301 g/mol. The number of benzene rings is 1. The molecule has 1 N–H and O–H groups in total. The summed E-state index contributed by atoms with van der Waals surface area (Å²) in [5.41, 5.74) is 0.863. The van der Waals surface area contributed by atoms with Crippen molar-refractivity contribution in [3.8, 4) is 5.75 Å². The molecule has 0 bridgehead atoms. The van der Waals surface area contributed by atoms with E-state index in [9.17, 15) is 13.2 Å². The Labute approximate surface area is 123 Å². The van der Waals surface area contributed by atoms with Crippen LogP contribution in [0.25, 0.3) is 0 Å². The Hall–Kier alpha value is -1.39. The lowest BCUT2D eigenvalue weighted by Gasteiger charge is -2.31. The zero-order valence-corrected chi connectivity index (χ0v) is 12.4. The van der Waals surface area contributed by atoms with E-state index in [-0.39, 0.29) is 25.0 Å². The van der Waals surface area contributed by atoms with E-state index < -0.39 is 12.1 Å². The summed E-state index contributed by atoms with van der Waals surface area (Å²) in [6.07, 6.45) is -2.50. The molecule has 1 saturated carbocycles. The smallest absolute Gasteiger partial charge is 0.391 e. The summed E-state index contributed by atoms with van der Waals surface area (Å²) in [5, 5.41) is 3.33. The second kappa shape index (κ2) is 6.58. The molecular formula is C16H22F3NO. The number of hydrogen-bond acceptors (Lipinski definition) is 2. The minimum Gasteiger partial charge on any atom is -0.489 e. The maximum atomic E-state index is 12.7. The molecule has 21 heavy (non-hydrogen) atoms. The molecule has 0 heterocycles. The molecule has 1 aliphatic rings. The third-order valence-corrected chi connectivity index (χ3v) is 3.80. The molecule has 118 valence electrons. The van der Waals surface area contributed by atoms with E-state index >= 15 is 0 Å². The normalized spacial score (nSPS) is 23.1. The standard InChI is InChI=1S/C16H22F3NO/c1-11(2)21-15-6-4-3-5-14(15)20-13-9-7-12(8-10-13)16(17,18)19/h3-6,11-13,20H,7-10H2,1-2H3. The quantitative estimate of drug-likeness (QED) is 0.844. The maximum Gasteiger partial charge on any atom is 0.391 e. The Kier molecular flexibility index (Phi) is 5.01.